The molecule has 0 spiro atoms. The van der Waals surface area contributed by atoms with E-state index < -0.39 is 5.91 Å². The summed E-state index contributed by atoms with van der Waals surface area (Å²) in [6.07, 6.45) is 1.00. The summed E-state index contributed by atoms with van der Waals surface area (Å²) in [5.41, 5.74) is 7.51. The molecule has 104 valence electrons. The average molecular weight is 264 g/mol. The van der Waals surface area contributed by atoms with E-state index in [1.54, 1.807) is 13.0 Å². The number of hydrogen-bond donors (Lipinski definition) is 2. The second-order valence-electron chi connectivity index (χ2n) is 4.25. The molecule has 0 saturated heterocycles. The Kier molecular flexibility index (Phi) is 5.85. The van der Waals surface area contributed by atoms with Gasteiger partial charge in [-0.25, -0.2) is 0 Å². The number of amides is 1. The minimum atomic E-state index is -0.465. The highest BCUT2D eigenvalue weighted by Crippen LogP contribution is 2.17. The number of rotatable bonds is 7. The van der Waals surface area contributed by atoms with Crippen molar-refractivity contribution in [2.45, 2.75) is 26.7 Å². The van der Waals surface area contributed by atoms with Crippen LogP contribution in [0.4, 0.5) is 5.69 Å². The predicted molar refractivity (Wildman–Crippen MR) is 74.1 cm³/mol. The molecule has 1 aromatic carbocycles. The number of nitrogens with one attached hydrogen (secondary N) is 1. The minimum Gasteiger partial charge on any atom is -0.466 e. The number of aryl methyl sites for hydroxylation is 1. The van der Waals surface area contributed by atoms with Crippen molar-refractivity contribution in [1.82, 2.24) is 0 Å². The van der Waals surface area contributed by atoms with Crippen LogP contribution in [0.5, 0.6) is 0 Å². The number of anilines is 1. The molecular formula is C14H20N2O3. The molecule has 0 radical (unpaired) electrons. The van der Waals surface area contributed by atoms with Crippen LogP contribution in [0.25, 0.3) is 0 Å². The molecule has 0 heterocycles. The Bertz CT molecular complexity index is 458. The van der Waals surface area contributed by atoms with Crippen molar-refractivity contribution in [2.75, 3.05) is 18.5 Å². The Labute approximate surface area is 113 Å². The highest BCUT2D eigenvalue weighted by molar-refractivity contribution is 5.98. The highest BCUT2D eigenvalue weighted by atomic mass is 16.5. The molecule has 0 aromatic heterocycles. The van der Waals surface area contributed by atoms with Gasteiger partial charge >= 0.3 is 5.97 Å². The van der Waals surface area contributed by atoms with Crippen LogP contribution in [0, 0.1) is 6.92 Å². The predicted octanol–water partition coefficient (Wildman–Crippen LogP) is 1.85. The SMILES string of the molecule is CCOC(=O)CCCNc1cc(C)ccc1C(N)=O. The summed E-state index contributed by atoms with van der Waals surface area (Å²) in [5, 5.41) is 3.12. The van der Waals surface area contributed by atoms with Gasteiger partial charge in [-0.05, 0) is 38.0 Å². The van der Waals surface area contributed by atoms with Gasteiger partial charge in [-0.1, -0.05) is 6.07 Å². The van der Waals surface area contributed by atoms with Gasteiger partial charge in [-0.15, -0.1) is 0 Å². The molecule has 1 rings (SSSR count). The topological polar surface area (TPSA) is 81.4 Å². The molecule has 0 unspecified atom stereocenters. The third-order valence-electron chi connectivity index (χ3n) is 2.62. The van der Waals surface area contributed by atoms with E-state index in [9.17, 15) is 9.59 Å². The summed E-state index contributed by atoms with van der Waals surface area (Å²) in [6, 6.07) is 5.40. The molecule has 0 bridgehead atoms. The molecule has 3 N–H and O–H groups in total. The monoisotopic (exact) mass is 264 g/mol. The Morgan fingerprint density at radius 3 is 2.74 bits per heavy atom. The first-order valence-electron chi connectivity index (χ1n) is 6.34. The first-order valence-corrected chi connectivity index (χ1v) is 6.34. The smallest absolute Gasteiger partial charge is 0.305 e. The lowest BCUT2D eigenvalue weighted by Gasteiger charge is -2.10. The number of ether oxygens (including phenoxy) is 1. The van der Waals surface area contributed by atoms with E-state index in [2.05, 4.69) is 5.32 Å². The number of carbonyl (C=O) groups is 2. The maximum absolute atomic E-state index is 11.3. The minimum absolute atomic E-state index is 0.205. The van der Waals surface area contributed by atoms with Crippen LogP contribution in [0.15, 0.2) is 18.2 Å². The van der Waals surface area contributed by atoms with E-state index in [1.807, 2.05) is 19.1 Å². The molecule has 5 nitrogen and oxygen atoms in total. The highest BCUT2D eigenvalue weighted by Gasteiger charge is 2.08. The van der Waals surface area contributed by atoms with Crippen molar-refractivity contribution in [3.8, 4) is 0 Å². The maximum atomic E-state index is 11.3. The summed E-state index contributed by atoms with van der Waals surface area (Å²) in [4.78, 5) is 22.4. The summed E-state index contributed by atoms with van der Waals surface area (Å²) in [6.45, 7) is 4.70. The Balaban J connectivity index is 2.51. The van der Waals surface area contributed by atoms with Crippen molar-refractivity contribution < 1.29 is 14.3 Å². The molecular weight excluding hydrogens is 244 g/mol. The van der Waals surface area contributed by atoms with Crippen molar-refractivity contribution in [3.05, 3.63) is 29.3 Å². The van der Waals surface area contributed by atoms with Gasteiger partial charge in [0.25, 0.3) is 5.91 Å². The molecule has 1 amide bonds. The number of primary amides is 1. The van der Waals surface area contributed by atoms with Gasteiger partial charge in [0.2, 0.25) is 0 Å². The van der Waals surface area contributed by atoms with Crippen LogP contribution in [0.3, 0.4) is 0 Å². The fraction of sp³-hybridized carbons (Fsp3) is 0.429. The molecule has 0 aliphatic heterocycles. The Hall–Kier alpha value is -2.04. The van der Waals surface area contributed by atoms with Crippen LogP contribution in [-0.4, -0.2) is 25.0 Å². The average Bonchev–Trinajstić information content (AvgIpc) is 2.34. The van der Waals surface area contributed by atoms with Gasteiger partial charge in [-0.2, -0.15) is 0 Å². The maximum Gasteiger partial charge on any atom is 0.305 e. The summed E-state index contributed by atoms with van der Waals surface area (Å²) in [7, 11) is 0. The van der Waals surface area contributed by atoms with E-state index in [-0.39, 0.29) is 5.97 Å². The fourth-order valence-corrected chi connectivity index (χ4v) is 1.71. The summed E-state index contributed by atoms with van der Waals surface area (Å²) in [5.74, 6) is -0.670. The number of benzene rings is 1. The third-order valence-corrected chi connectivity index (χ3v) is 2.62. The largest absolute Gasteiger partial charge is 0.466 e. The molecule has 0 saturated carbocycles. The number of carbonyl (C=O) groups excluding carboxylic acids is 2. The quantitative estimate of drug-likeness (QED) is 0.581. The molecule has 0 aliphatic rings. The second kappa shape index (κ2) is 7.41. The molecule has 0 fully saturated rings. The number of nitrogens with two attached hydrogens (primary N) is 1. The summed E-state index contributed by atoms with van der Waals surface area (Å²) >= 11 is 0. The van der Waals surface area contributed by atoms with Crippen LogP contribution in [-0.2, 0) is 9.53 Å². The van der Waals surface area contributed by atoms with Gasteiger partial charge in [0.1, 0.15) is 0 Å². The van der Waals surface area contributed by atoms with Crippen LogP contribution in [0.2, 0.25) is 0 Å². The van der Waals surface area contributed by atoms with Gasteiger partial charge in [0.15, 0.2) is 0 Å². The van der Waals surface area contributed by atoms with Crippen LogP contribution >= 0.6 is 0 Å². The lowest BCUT2D eigenvalue weighted by Crippen LogP contribution is -2.15. The van der Waals surface area contributed by atoms with Crippen LogP contribution in [0.1, 0.15) is 35.7 Å². The van der Waals surface area contributed by atoms with Crippen molar-refractivity contribution in [2.24, 2.45) is 5.73 Å². The molecule has 1 aromatic rings. The van der Waals surface area contributed by atoms with Gasteiger partial charge in [-0.3, -0.25) is 9.59 Å². The normalized spacial score (nSPS) is 10.0. The Morgan fingerprint density at radius 2 is 2.11 bits per heavy atom. The van der Waals surface area contributed by atoms with E-state index in [0.29, 0.717) is 37.2 Å². The third kappa shape index (κ3) is 4.99. The molecule has 19 heavy (non-hydrogen) atoms. The lowest BCUT2D eigenvalue weighted by molar-refractivity contribution is -0.143. The molecule has 0 atom stereocenters. The first-order chi connectivity index (χ1) is 9.04. The second-order valence-corrected chi connectivity index (χ2v) is 4.25. The van der Waals surface area contributed by atoms with Gasteiger partial charge in [0.05, 0.1) is 12.2 Å². The van der Waals surface area contributed by atoms with Gasteiger partial charge < -0.3 is 15.8 Å². The zero-order chi connectivity index (χ0) is 14.3. The van der Waals surface area contributed by atoms with E-state index in [4.69, 9.17) is 10.5 Å². The van der Waals surface area contributed by atoms with E-state index >= 15 is 0 Å². The summed E-state index contributed by atoms with van der Waals surface area (Å²) < 4.78 is 4.83. The number of esters is 1. The lowest BCUT2D eigenvalue weighted by atomic mass is 10.1. The van der Waals surface area contributed by atoms with Crippen LogP contribution < -0.4 is 11.1 Å². The standard InChI is InChI=1S/C14H20N2O3/c1-3-19-13(17)5-4-8-16-12-9-10(2)6-7-11(12)14(15)18/h6-7,9,16H,3-5,8H2,1-2H3,(H2,15,18). The number of hydrogen-bond acceptors (Lipinski definition) is 4. The fourth-order valence-electron chi connectivity index (χ4n) is 1.71. The first kappa shape index (κ1) is 15.0. The molecule has 0 aliphatic carbocycles. The van der Waals surface area contributed by atoms with E-state index in [1.165, 1.54) is 0 Å². The zero-order valence-electron chi connectivity index (χ0n) is 11.4. The van der Waals surface area contributed by atoms with Crippen molar-refractivity contribution >= 4 is 17.6 Å². The van der Waals surface area contributed by atoms with Gasteiger partial charge in [0, 0.05) is 18.7 Å². The molecule has 5 heteroatoms. The van der Waals surface area contributed by atoms with Crippen molar-refractivity contribution in [3.63, 3.8) is 0 Å². The van der Waals surface area contributed by atoms with Crippen molar-refractivity contribution in [1.29, 1.82) is 0 Å². The Morgan fingerprint density at radius 1 is 1.37 bits per heavy atom. The van der Waals surface area contributed by atoms with E-state index in [0.717, 1.165) is 5.56 Å². The zero-order valence-corrected chi connectivity index (χ0v) is 11.4.